The van der Waals surface area contributed by atoms with Crippen LogP contribution in [-0.2, 0) is 0 Å². The number of hydrogen-bond donors (Lipinski definition) is 1. The van der Waals surface area contributed by atoms with Crippen molar-refractivity contribution >= 4 is 88.3 Å². The summed E-state index contributed by atoms with van der Waals surface area (Å²) in [6.45, 7) is 0. The number of aromatic nitrogens is 1. The Hall–Kier alpha value is -5.81. The first kappa shape index (κ1) is 21.9. The van der Waals surface area contributed by atoms with Crippen molar-refractivity contribution in [1.82, 2.24) is 4.40 Å². The van der Waals surface area contributed by atoms with Crippen LogP contribution in [0, 0.1) is 0 Å². The van der Waals surface area contributed by atoms with E-state index in [4.69, 9.17) is 13.8 Å². The van der Waals surface area contributed by atoms with Crippen molar-refractivity contribution in [3.05, 3.63) is 115 Å². The summed E-state index contributed by atoms with van der Waals surface area (Å²) in [6.07, 6.45) is 8.42. The molecule has 0 spiro atoms. The number of hydrogen-bond acceptors (Lipinski definition) is 4. The van der Waals surface area contributed by atoms with Crippen LogP contribution in [0.4, 0.5) is 11.5 Å². The third kappa shape index (κ3) is 2.74. The van der Waals surface area contributed by atoms with Crippen LogP contribution < -0.4 is 5.32 Å². The molecule has 5 heterocycles. The van der Waals surface area contributed by atoms with E-state index in [1.165, 1.54) is 16.3 Å². The Morgan fingerprint density at radius 3 is 2.19 bits per heavy atom. The van der Waals surface area contributed by atoms with Crippen LogP contribution in [0.5, 0.6) is 0 Å². The number of para-hydroxylation sites is 2. The number of fused-ring (bicyclic) bond motifs is 13. The van der Waals surface area contributed by atoms with Crippen molar-refractivity contribution in [2.24, 2.45) is 4.99 Å². The number of nitrogens with zero attached hydrogens (tertiary/aromatic N) is 2. The maximum atomic E-state index is 6.35. The van der Waals surface area contributed by atoms with Crippen LogP contribution in [0.1, 0.15) is 0 Å². The molecule has 11 rings (SSSR count). The fourth-order valence-electron chi connectivity index (χ4n) is 7.36. The lowest BCUT2D eigenvalue weighted by Crippen LogP contribution is -2.29. The largest absolute Gasteiger partial charge is 0.456 e. The normalized spacial score (nSPS) is 16.3. The summed E-state index contributed by atoms with van der Waals surface area (Å²) < 4.78 is 14.8. The van der Waals surface area contributed by atoms with Crippen molar-refractivity contribution in [3.63, 3.8) is 0 Å². The van der Waals surface area contributed by atoms with E-state index in [2.05, 4.69) is 101 Å². The average molecular weight is 552 g/mol. The molecule has 0 amide bonds. The first-order valence-corrected chi connectivity index (χ1v) is 14.6. The predicted octanol–water partition coefficient (Wildman–Crippen LogP) is 10.1. The Balaban J connectivity index is 1.27. The fraction of sp³-hybridized carbons (Fsp3) is 0.0263. The van der Waals surface area contributed by atoms with E-state index in [1.54, 1.807) is 0 Å². The molecule has 0 saturated carbocycles. The van der Waals surface area contributed by atoms with Crippen molar-refractivity contribution in [3.8, 4) is 11.1 Å². The van der Waals surface area contributed by atoms with Crippen LogP contribution in [0.2, 0.25) is 0 Å². The van der Waals surface area contributed by atoms with Gasteiger partial charge >= 0.3 is 0 Å². The second-order valence-corrected chi connectivity index (χ2v) is 11.6. The Kier molecular flexibility index (Phi) is 3.83. The van der Waals surface area contributed by atoms with Gasteiger partial charge in [0.15, 0.2) is 5.82 Å². The number of benzene rings is 5. The molecule has 0 fully saturated rings. The molecule has 4 aromatic heterocycles. The van der Waals surface area contributed by atoms with Gasteiger partial charge in [-0.25, -0.2) is 4.99 Å². The highest BCUT2D eigenvalue weighted by Gasteiger charge is 2.29. The Morgan fingerprint density at radius 2 is 1.33 bits per heavy atom. The molecule has 0 radical (unpaired) electrons. The third-order valence-corrected chi connectivity index (χ3v) is 9.31. The van der Waals surface area contributed by atoms with Gasteiger partial charge in [-0.3, -0.25) is 4.40 Å². The number of furan rings is 2. The van der Waals surface area contributed by atoms with Gasteiger partial charge in [0.25, 0.3) is 0 Å². The van der Waals surface area contributed by atoms with E-state index in [0.29, 0.717) is 0 Å². The highest BCUT2D eigenvalue weighted by Crippen LogP contribution is 2.49. The van der Waals surface area contributed by atoms with E-state index < -0.39 is 0 Å². The second-order valence-electron chi connectivity index (χ2n) is 11.6. The van der Waals surface area contributed by atoms with E-state index >= 15 is 0 Å². The molecule has 5 aromatic carbocycles. The number of allylic oxidation sites excluding steroid dienone is 2. The first-order chi connectivity index (χ1) is 21.3. The van der Waals surface area contributed by atoms with Gasteiger partial charge in [-0.2, -0.15) is 0 Å². The highest BCUT2D eigenvalue weighted by molar-refractivity contribution is 6.25. The number of rotatable bonds is 1. The van der Waals surface area contributed by atoms with Crippen LogP contribution in [0.3, 0.4) is 0 Å². The lowest BCUT2D eigenvalue weighted by molar-refractivity contribution is 0.669. The minimum atomic E-state index is 0.0523. The number of nitrogens with one attached hydrogen (secondary N) is 1. The third-order valence-electron chi connectivity index (χ3n) is 9.31. The maximum Gasteiger partial charge on any atom is 0.162 e. The zero-order valence-electron chi connectivity index (χ0n) is 22.8. The molecular formula is C38H21N3O2. The topological polar surface area (TPSA) is 55.1 Å². The van der Waals surface area contributed by atoms with E-state index in [-0.39, 0.29) is 6.04 Å². The van der Waals surface area contributed by atoms with Crippen molar-refractivity contribution in [2.45, 2.75) is 6.04 Å². The van der Waals surface area contributed by atoms with E-state index in [1.807, 2.05) is 24.3 Å². The zero-order valence-corrected chi connectivity index (χ0v) is 22.8. The summed E-state index contributed by atoms with van der Waals surface area (Å²) in [6, 6.07) is 32.2. The average Bonchev–Trinajstić information content (AvgIpc) is 3.78. The molecule has 1 N–H and O–H groups in total. The number of aliphatic imine (C=N–C) groups is 1. The summed E-state index contributed by atoms with van der Waals surface area (Å²) >= 11 is 0. The minimum absolute atomic E-state index is 0.0523. The molecular weight excluding hydrogens is 530 g/mol. The monoisotopic (exact) mass is 551 g/mol. The molecule has 1 aliphatic carbocycles. The quantitative estimate of drug-likeness (QED) is 0.221. The summed E-state index contributed by atoms with van der Waals surface area (Å²) in [5, 5.41) is 11.8. The molecule has 1 atom stereocenters. The van der Waals surface area contributed by atoms with Gasteiger partial charge in [0.2, 0.25) is 0 Å². The molecule has 43 heavy (non-hydrogen) atoms. The van der Waals surface area contributed by atoms with Crippen molar-refractivity contribution in [2.75, 3.05) is 5.32 Å². The Labute approximate surface area is 244 Å². The van der Waals surface area contributed by atoms with Crippen LogP contribution in [-0.4, -0.2) is 16.2 Å². The molecule has 2 aliphatic rings. The second kappa shape index (κ2) is 7.52. The van der Waals surface area contributed by atoms with Crippen LogP contribution >= 0.6 is 0 Å². The predicted molar refractivity (Wildman–Crippen MR) is 176 cm³/mol. The lowest BCUT2D eigenvalue weighted by atomic mass is 9.97. The number of anilines is 1. The lowest BCUT2D eigenvalue weighted by Gasteiger charge is -2.23. The smallest absolute Gasteiger partial charge is 0.162 e. The SMILES string of the molecule is C1=CC2=Nc3c(c4cc(-c5ccc6oc7ccccc7c6c5)cc5c6cc7oc8ccccc8c7cc6n3c45)NC2C=C1. The summed E-state index contributed by atoms with van der Waals surface area (Å²) in [7, 11) is 0. The molecule has 5 heteroatoms. The van der Waals surface area contributed by atoms with E-state index in [9.17, 15) is 0 Å². The van der Waals surface area contributed by atoms with Gasteiger partial charge in [0.1, 0.15) is 22.3 Å². The highest BCUT2D eigenvalue weighted by atomic mass is 16.3. The fourth-order valence-corrected chi connectivity index (χ4v) is 7.36. The first-order valence-electron chi connectivity index (χ1n) is 14.6. The van der Waals surface area contributed by atoms with Crippen molar-refractivity contribution < 1.29 is 8.83 Å². The van der Waals surface area contributed by atoms with Gasteiger partial charge < -0.3 is 14.2 Å². The molecule has 1 aliphatic heterocycles. The van der Waals surface area contributed by atoms with Gasteiger partial charge in [-0.1, -0.05) is 60.7 Å². The van der Waals surface area contributed by atoms with Gasteiger partial charge in [-0.05, 0) is 65.7 Å². The molecule has 200 valence electrons. The van der Waals surface area contributed by atoms with Crippen LogP contribution in [0.25, 0.3) is 82.2 Å². The summed E-state index contributed by atoms with van der Waals surface area (Å²) in [5.74, 6) is 0.946. The summed E-state index contributed by atoms with van der Waals surface area (Å²) in [5.41, 5.74) is 10.3. The molecule has 0 saturated heterocycles. The maximum absolute atomic E-state index is 6.35. The zero-order chi connectivity index (χ0) is 27.8. The van der Waals surface area contributed by atoms with Gasteiger partial charge in [0.05, 0.1) is 28.5 Å². The molecule has 1 unspecified atom stereocenters. The van der Waals surface area contributed by atoms with E-state index in [0.717, 1.165) is 83.1 Å². The van der Waals surface area contributed by atoms with Crippen molar-refractivity contribution in [1.29, 1.82) is 0 Å². The molecule has 5 nitrogen and oxygen atoms in total. The minimum Gasteiger partial charge on any atom is -0.456 e. The van der Waals surface area contributed by atoms with Gasteiger partial charge in [0, 0.05) is 37.7 Å². The Morgan fingerprint density at radius 1 is 0.605 bits per heavy atom. The molecule has 0 bridgehead atoms. The summed E-state index contributed by atoms with van der Waals surface area (Å²) in [4.78, 5) is 5.25. The standard InChI is InChI=1S/C38H21N3O2/c1-5-11-32-22(7-1)25-15-20(13-14-34(25)42-32)21-16-27-24-19-35-26(23-8-2-6-12-33(23)43-35)18-31(24)41-37(27)28(17-21)36-38(41)40-30-10-4-3-9-29(30)39-36/h1-19,29,39H. The van der Waals surface area contributed by atoms with Crippen LogP contribution in [0.15, 0.2) is 129 Å². The Bertz CT molecular complexity index is 2770. The van der Waals surface area contributed by atoms with Gasteiger partial charge in [-0.15, -0.1) is 0 Å². The molecule has 9 aromatic rings.